The summed E-state index contributed by atoms with van der Waals surface area (Å²) in [6.07, 6.45) is 4.03. The van der Waals surface area contributed by atoms with E-state index < -0.39 is 10.1 Å². The lowest BCUT2D eigenvalue weighted by Crippen LogP contribution is -2.05. The van der Waals surface area contributed by atoms with Crippen molar-refractivity contribution in [2.75, 3.05) is 6.26 Å². The third-order valence-corrected chi connectivity index (χ3v) is 2.70. The Morgan fingerprint density at radius 2 is 1.88 bits per heavy atom. The van der Waals surface area contributed by atoms with Crippen LogP contribution in [0, 0.1) is 0 Å². The summed E-state index contributed by atoms with van der Waals surface area (Å²) in [6.45, 7) is 4.07. The highest BCUT2D eigenvalue weighted by atomic mass is 32.2. The third-order valence-electron chi connectivity index (χ3n) is 2.20. The molecule has 0 aromatic heterocycles. The van der Waals surface area contributed by atoms with Crippen LogP contribution in [0.25, 0.3) is 5.57 Å². The van der Waals surface area contributed by atoms with Crippen LogP contribution in [0.15, 0.2) is 30.3 Å². The summed E-state index contributed by atoms with van der Waals surface area (Å²) in [5, 5.41) is 0. The lowest BCUT2D eigenvalue weighted by atomic mass is 10.0. The van der Waals surface area contributed by atoms with Gasteiger partial charge in [0.2, 0.25) is 0 Å². The standard InChI is InChI=1S/C12H16O3S/c1-4-10(5-2)11-6-8-12(9-7-11)15-16(3,13)14/h4,6-9H,5H2,1-3H3/b10-4+. The molecule has 88 valence electrons. The average molecular weight is 240 g/mol. The zero-order chi connectivity index (χ0) is 12.2. The molecule has 0 aliphatic rings. The highest BCUT2D eigenvalue weighted by Crippen LogP contribution is 2.21. The van der Waals surface area contributed by atoms with Crippen LogP contribution in [-0.4, -0.2) is 14.7 Å². The predicted molar refractivity (Wildman–Crippen MR) is 65.9 cm³/mol. The van der Waals surface area contributed by atoms with E-state index in [2.05, 4.69) is 6.92 Å². The molecule has 16 heavy (non-hydrogen) atoms. The maximum atomic E-state index is 10.9. The van der Waals surface area contributed by atoms with Crippen molar-refractivity contribution in [2.45, 2.75) is 20.3 Å². The monoisotopic (exact) mass is 240 g/mol. The van der Waals surface area contributed by atoms with Crippen LogP contribution < -0.4 is 4.18 Å². The number of rotatable bonds is 4. The van der Waals surface area contributed by atoms with Gasteiger partial charge in [-0.15, -0.1) is 0 Å². The topological polar surface area (TPSA) is 43.4 Å². The SMILES string of the molecule is C/C=C(\CC)c1ccc(OS(C)(=O)=O)cc1. The number of benzene rings is 1. The molecule has 4 heteroatoms. The van der Waals surface area contributed by atoms with Crippen LogP contribution in [0.1, 0.15) is 25.8 Å². The molecule has 0 radical (unpaired) electrons. The summed E-state index contributed by atoms with van der Waals surface area (Å²) in [5.41, 5.74) is 2.32. The molecule has 0 bridgehead atoms. The Kier molecular flexibility index (Phi) is 4.12. The summed E-state index contributed by atoms with van der Waals surface area (Å²) in [6, 6.07) is 7.05. The van der Waals surface area contributed by atoms with Crippen molar-refractivity contribution in [3.05, 3.63) is 35.9 Å². The molecule has 0 aliphatic carbocycles. The van der Waals surface area contributed by atoms with Crippen molar-refractivity contribution in [1.82, 2.24) is 0 Å². The molecule has 0 saturated carbocycles. The van der Waals surface area contributed by atoms with Gasteiger partial charge in [0, 0.05) is 0 Å². The van der Waals surface area contributed by atoms with Gasteiger partial charge >= 0.3 is 10.1 Å². The fourth-order valence-electron chi connectivity index (χ4n) is 1.47. The van der Waals surface area contributed by atoms with E-state index in [0.717, 1.165) is 18.2 Å². The van der Waals surface area contributed by atoms with Gasteiger partial charge in [0.1, 0.15) is 5.75 Å². The summed E-state index contributed by atoms with van der Waals surface area (Å²) in [5.74, 6) is 0.345. The van der Waals surface area contributed by atoms with Gasteiger partial charge in [0.25, 0.3) is 0 Å². The Morgan fingerprint density at radius 1 is 1.31 bits per heavy atom. The summed E-state index contributed by atoms with van der Waals surface area (Å²) in [7, 11) is -3.44. The molecule has 0 saturated heterocycles. The van der Waals surface area contributed by atoms with Gasteiger partial charge in [-0.2, -0.15) is 8.42 Å². The van der Waals surface area contributed by atoms with Crippen LogP contribution in [0.4, 0.5) is 0 Å². The van der Waals surface area contributed by atoms with Crippen molar-refractivity contribution in [3.8, 4) is 5.75 Å². The second-order valence-corrected chi connectivity index (χ2v) is 5.05. The van der Waals surface area contributed by atoms with Gasteiger partial charge in [0.05, 0.1) is 6.26 Å². The number of hydrogen-bond acceptors (Lipinski definition) is 3. The molecular formula is C12H16O3S. The van der Waals surface area contributed by atoms with Gasteiger partial charge in [-0.1, -0.05) is 25.1 Å². The molecule has 0 aliphatic heterocycles. The first-order valence-corrected chi connectivity index (χ1v) is 6.93. The van der Waals surface area contributed by atoms with Crippen molar-refractivity contribution < 1.29 is 12.6 Å². The van der Waals surface area contributed by atoms with E-state index >= 15 is 0 Å². The molecule has 0 spiro atoms. The molecule has 0 atom stereocenters. The molecule has 1 aromatic carbocycles. The van der Waals surface area contributed by atoms with E-state index in [1.807, 2.05) is 25.1 Å². The molecule has 0 unspecified atom stereocenters. The Balaban J connectivity index is 2.92. The first-order chi connectivity index (χ1) is 7.46. The average Bonchev–Trinajstić information content (AvgIpc) is 2.20. The van der Waals surface area contributed by atoms with Crippen molar-refractivity contribution in [2.24, 2.45) is 0 Å². The smallest absolute Gasteiger partial charge is 0.306 e. The van der Waals surface area contributed by atoms with Gasteiger partial charge < -0.3 is 4.18 Å². The van der Waals surface area contributed by atoms with Crippen LogP contribution in [0.3, 0.4) is 0 Å². The summed E-state index contributed by atoms with van der Waals surface area (Å²) < 4.78 is 26.6. The van der Waals surface area contributed by atoms with Gasteiger partial charge in [-0.05, 0) is 36.6 Å². The molecular weight excluding hydrogens is 224 g/mol. The minimum atomic E-state index is -3.44. The quantitative estimate of drug-likeness (QED) is 0.760. The molecule has 0 N–H and O–H groups in total. The largest absolute Gasteiger partial charge is 0.383 e. The van der Waals surface area contributed by atoms with E-state index in [4.69, 9.17) is 4.18 Å². The van der Waals surface area contributed by atoms with E-state index in [1.165, 1.54) is 5.57 Å². The fraction of sp³-hybridized carbons (Fsp3) is 0.333. The molecule has 1 rings (SSSR count). The van der Waals surface area contributed by atoms with E-state index in [-0.39, 0.29) is 0 Å². The summed E-state index contributed by atoms with van der Waals surface area (Å²) >= 11 is 0. The van der Waals surface area contributed by atoms with E-state index in [9.17, 15) is 8.42 Å². The van der Waals surface area contributed by atoms with Gasteiger partial charge in [-0.3, -0.25) is 0 Å². The van der Waals surface area contributed by atoms with Crippen LogP contribution in [0.5, 0.6) is 5.75 Å². The lowest BCUT2D eigenvalue weighted by Gasteiger charge is -2.06. The molecule has 0 heterocycles. The van der Waals surface area contributed by atoms with E-state index in [1.54, 1.807) is 12.1 Å². The van der Waals surface area contributed by atoms with Crippen molar-refractivity contribution in [3.63, 3.8) is 0 Å². The second-order valence-electron chi connectivity index (χ2n) is 3.48. The highest BCUT2D eigenvalue weighted by molar-refractivity contribution is 7.86. The first kappa shape index (κ1) is 12.8. The normalized spacial score (nSPS) is 12.6. The molecule has 3 nitrogen and oxygen atoms in total. The fourth-order valence-corrected chi connectivity index (χ4v) is 1.93. The number of hydrogen-bond donors (Lipinski definition) is 0. The van der Waals surface area contributed by atoms with Gasteiger partial charge in [-0.25, -0.2) is 0 Å². The molecule has 0 amide bonds. The lowest BCUT2D eigenvalue weighted by molar-refractivity contribution is 0.493. The van der Waals surface area contributed by atoms with Crippen LogP contribution in [0.2, 0.25) is 0 Å². The first-order valence-electron chi connectivity index (χ1n) is 5.11. The Bertz CT molecular complexity index is 469. The molecule has 0 fully saturated rings. The third kappa shape index (κ3) is 3.70. The zero-order valence-corrected chi connectivity index (χ0v) is 10.5. The maximum absolute atomic E-state index is 10.9. The van der Waals surface area contributed by atoms with Crippen LogP contribution >= 0.6 is 0 Å². The van der Waals surface area contributed by atoms with Gasteiger partial charge in [0.15, 0.2) is 0 Å². The van der Waals surface area contributed by atoms with E-state index in [0.29, 0.717) is 5.75 Å². The van der Waals surface area contributed by atoms with Crippen LogP contribution in [-0.2, 0) is 10.1 Å². The minimum Gasteiger partial charge on any atom is -0.383 e. The molecule has 1 aromatic rings. The highest BCUT2D eigenvalue weighted by Gasteiger charge is 2.04. The predicted octanol–water partition coefficient (Wildman–Crippen LogP) is 2.84. The zero-order valence-electron chi connectivity index (χ0n) is 9.73. The van der Waals surface area contributed by atoms with Crippen molar-refractivity contribution in [1.29, 1.82) is 0 Å². The minimum absolute atomic E-state index is 0.345. The van der Waals surface area contributed by atoms with Crippen molar-refractivity contribution >= 4 is 15.7 Å². The maximum Gasteiger partial charge on any atom is 0.306 e. The number of allylic oxidation sites excluding steroid dienone is 2. The second kappa shape index (κ2) is 5.16. The Labute approximate surface area is 96.9 Å². The summed E-state index contributed by atoms with van der Waals surface area (Å²) in [4.78, 5) is 0. The Hall–Kier alpha value is -1.29. The Morgan fingerprint density at radius 3 is 2.25 bits per heavy atom.